The minimum atomic E-state index is -4.32. The van der Waals surface area contributed by atoms with Gasteiger partial charge in [-0.05, 0) is 42.0 Å². The molecule has 3 aromatic rings. The van der Waals surface area contributed by atoms with Crippen molar-refractivity contribution in [3.05, 3.63) is 76.7 Å². The van der Waals surface area contributed by atoms with Gasteiger partial charge in [0.25, 0.3) is 0 Å². The fraction of sp³-hybridized carbons (Fsp3) is 0.304. The number of aryl methyl sites for hydroxylation is 1. The Bertz CT molecular complexity index is 1030. The first-order valence-corrected chi connectivity index (χ1v) is 9.90. The molecular weight excluding hydrogens is 391 g/mol. The minimum Gasteiger partial charge on any atom is -0.508 e. The Labute approximate surface area is 173 Å². The average molecular weight is 413 g/mol. The summed E-state index contributed by atoms with van der Waals surface area (Å²) in [5, 5.41) is 9.61. The van der Waals surface area contributed by atoms with E-state index in [1.807, 2.05) is 19.1 Å². The Morgan fingerprint density at radius 1 is 1.00 bits per heavy atom. The first-order chi connectivity index (χ1) is 14.3. The molecule has 1 aliphatic heterocycles. The van der Waals surface area contributed by atoms with E-state index >= 15 is 0 Å². The highest BCUT2D eigenvalue weighted by atomic mass is 19.4. The van der Waals surface area contributed by atoms with Gasteiger partial charge in [0.05, 0.1) is 17.0 Å². The molecule has 0 bridgehead atoms. The largest absolute Gasteiger partial charge is 0.508 e. The number of rotatable bonds is 4. The lowest BCUT2D eigenvalue weighted by Gasteiger charge is -2.30. The van der Waals surface area contributed by atoms with Gasteiger partial charge in [0.2, 0.25) is 0 Å². The summed E-state index contributed by atoms with van der Waals surface area (Å²) in [6, 6.07) is 12.3. The lowest BCUT2D eigenvalue weighted by molar-refractivity contribution is -0.137. The fourth-order valence-electron chi connectivity index (χ4n) is 3.73. The third kappa shape index (κ3) is 4.31. The van der Waals surface area contributed by atoms with Crippen molar-refractivity contribution in [1.29, 1.82) is 0 Å². The summed E-state index contributed by atoms with van der Waals surface area (Å²) in [6.45, 7) is 3.98. The van der Waals surface area contributed by atoms with E-state index in [2.05, 4.69) is 4.90 Å². The van der Waals surface area contributed by atoms with Crippen molar-refractivity contribution in [3.63, 3.8) is 0 Å². The van der Waals surface area contributed by atoms with Crippen LogP contribution in [0.15, 0.2) is 48.5 Å². The zero-order chi connectivity index (χ0) is 21.3. The molecule has 156 valence electrons. The summed E-state index contributed by atoms with van der Waals surface area (Å²) in [6.07, 6.45) is -2.83. The lowest BCUT2D eigenvalue weighted by Crippen LogP contribution is -2.31. The number of aromatic hydroxyl groups is 1. The molecule has 0 radical (unpaired) electrons. The summed E-state index contributed by atoms with van der Waals surface area (Å²) in [5.74, 6) is 0.981. The second kappa shape index (κ2) is 8.07. The molecule has 4 rings (SSSR count). The van der Waals surface area contributed by atoms with Crippen LogP contribution in [0, 0.1) is 0 Å². The molecule has 0 saturated heterocycles. The first kappa shape index (κ1) is 20.3. The van der Waals surface area contributed by atoms with Gasteiger partial charge in [-0.25, -0.2) is 9.97 Å². The number of nitrogens with zero attached hydrogens (tertiary/aromatic N) is 3. The summed E-state index contributed by atoms with van der Waals surface area (Å²) < 4.78 is 38.4. The van der Waals surface area contributed by atoms with Crippen LogP contribution in [-0.4, -0.2) is 26.5 Å². The third-order valence-electron chi connectivity index (χ3n) is 5.33. The van der Waals surface area contributed by atoms with E-state index in [4.69, 9.17) is 9.97 Å². The molecular formula is C23H22F3N3O. The minimum absolute atomic E-state index is 0.196. The molecule has 0 unspecified atom stereocenters. The summed E-state index contributed by atoms with van der Waals surface area (Å²) >= 11 is 0. The highest BCUT2D eigenvalue weighted by Gasteiger charge is 2.30. The van der Waals surface area contributed by atoms with Crippen molar-refractivity contribution in [1.82, 2.24) is 14.9 Å². The molecule has 30 heavy (non-hydrogen) atoms. The van der Waals surface area contributed by atoms with E-state index in [-0.39, 0.29) is 5.75 Å². The number of aromatic nitrogens is 2. The van der Waals surface area contributed by atoms with Crippen LogP contribution >= 0.6 is 0 Å². The molecule has 4 nitrogen and oxygen atoms in total. The highest BCUT2D eigenvalue weighted by molar-refractivity contribution is 5.65. The predicted octanol–water partition coefficient (Wildman–Crippen LogP) is 4.99. The number of fused-ring (bicyclic) bond motifs is 1. The van der Waals surface area contributed by atoms with Crippen LogP contribution < -0.4 is 0 Å². The third-order valence-corrected chi connectivity index (χ3v) is 5.33. The van der Waals surface area contributed by atoms with Gasteiger partial charge in [-0.2, -0.15) is 13.2 Å². The molecule has 0 saturated carbocycles. The van der Waals surface area contributed by atoms with E-state index < -0.39 is 11.7 Å². The van der Waals surface area contributed by atoms with E-state index in [9.17, 15) is 18.3 Å². The Morgan fingerprint density at radius 2 is 1.70 bits per heavy atom. The number of hydrogen-bond acceptors (Lipinski definition) is 4. The average Bonchev–Trinajstić information content (AvgIpc) is 2.73. The number of alkyl halides is 3. The maximum Gasteiger partial charge on any atom is 0.416 e. The molecule has 2 heterocycles. The van der Waals surface area contributed by atoms with Crippen LogP contribution in [0.1, 0.15) is 35.1 Å². The van der Waals surface area contributed by atoms with Gasteiger partial charge < -0.3 is 5.11 Å². The Kier molecular flexibility index (Phi) is 5.47. The molecule has 1 aliphatic rings. The van der Waals surface area contributed by atoms with Crippen molar-refractivity contribution in [2.75, 3.05) is 6.54 Å². The van der Waals surface area contributed by atoms with Crippen LogP contribution in [0.2, 0.25) is 0 Å². The molecule has 1 aromatic heterocycles. The Morgan fingerprint density at radius 3 is 2.33 bits per heavy atom. The van der Waals surface area contributed by atoms with E-state index in [0.29, 0.717) is 13.1 Å². The van der Waals surface area contributed by atoms with Gasteiger partial charge in [0, 0.05) is 43.6 Å². The first-order valence-electron chi connectivity index (χ1n) is 9.90. The maximum absolute atomic E-state index is 12.8. The molecule has 0 amide bonds. The number of benzene rings is 2. The van der Waals surface area contributed by atoms with Crippen LogP contribution in [0.5, 0.6) is 5.75 Å². The normalized spacial score (nSPS) is 14.5. The fourth-order valence-corrected chi connectivity index (χ4v) is 3.73. The van der Waals surface area contributed by atoms with Gasteiger partial charge in [-0.3, -0.25) is 4.90 Å². The zero-order valence-corrected chi connectivity index (χ0v) is 16.6. The topological polar surface area (TPSA) is 49.3 Å². The van der Waals surface area contributed by atoms with Crippen LogP contribution in [0.4, 0.5) is 13.2 Å². The van der Waals surface area contributed by atoms with Crippen molar-refractivity contribution < 1.29 is 18.3 Å². The number of hydrogen-bond donors (Lipinski definition) is 1. The zero-order valence-electron chi connectivity index (χ0n) is 16.6. The monoisotopic (exact) mass is 413 g/mol. The predicted molar refractivity (Wildman–Crippen MR) is 108 cm³/mol. The summed E-state index contributed by atoms with van der Waals surface area (Å²) in [4.78, 5) is 11.6. The number of halogens is 3. The molecule has 1 N–H and O–H groups in total. The van der Waals surface area contributed by atoms with Crippen molar-refractivity contribution in [3.8, 4) is 17.0 Å². The van der Waals surface area contributed by atoms with Crippen molar-refractivity contribution in [2.45, 2.75) is 39.0 Å². The smallest absolute Gasteiger partial charge is 0.416 e. The summed E-state index contributed by atoms with van der Waals surface area (Å²) in [5.41, 5.74) is 4.03. The van der Waals surface area contributed by atoms with E-state index in [1.54, 1.807) is 12.1 Å². The SMILES string of the molecule is CCc1nc2c(c(-c3ccc(O)cc3)n1)CN(Cc1ccc(C(F)(F)F)cc1)CC2. The Balaban J connectivity index is 1.60. The molecule has 0 fully saturated rings. The molecule has 0 spiro atoms. The van der Waals surface area contributed by atoms with Crippen LogP contribution in [0.3, 0.4) is 0 Å². The van der Waals surface area contributed by atoms with Gasteiger partial charge >= 0.3 is 6.18 Å². The lowest BCUT2D eigenvalue weighted by atomic mass is 9.98. The van der Waals surface area contributed by atoms with E-state index in [0.717, 1.165) is 65.4 Å². The summed E-state index contributed by atoms with van der Waals surface area (Å²) in [7, 11) is 0. The van der Waals surface area contributed by atoms with Crippen LogP contribution in [-0.2, 0) is 32.1 Å². The Hall–Kier alpha value is -2.93. The standard InChI is InChI=1S/C23H22F3N3O/c1-2-21-27-20-11-12-29(13-15-3-7-17(8-4-15)23(24,25)26)14-19(20)22(28-21)16-5-9-18(30)10-6-16/h3-10,30H,2,11-14H2,1H3. The maximum atomic E-state index is 12.8. The van der Waals surface area contributed by atoms with Gasteiger partial charge in [0.15, 0.2) is 0 Å². The second-order valence-corrected chi connectivity index (χ2v) is 7.47. The van der Waals surface area contributed by atoms with Crippen LogP contribution in [0.25, 0.3) is 11.3 Å². The number of phenols is 1. The van der Waals surface area contributed by atoms with Gasteiger partial charge in [-0.15, -0.1) is 0 Å². The molecule has 7 heteroatoms. The second-order valence-electron chi connectivity index (χ2n) is 7.47. The quantitative estimate of drug-likeness (QED) is 0.655. The van der Waals surface area contributed by atoms with Crippen molar-refractivity contribution >= 4 is 0 Å². The molecule has 0 atom stereocenters. The van der Waals surface area contributed by atoms with Gasteiger partial charge in [-0.1, -0.05) is 19.1 Å². The highest BCUT2D eigenvalue weighted by Crippen LogP contribution is 2.31. The van der Waals surface area contributed by atoms with Crippen molar-refractivity contribution in [2.24, 2.45) is 0 Å². The molecule has 2 aromatic carbocycles. The van der Waals surface area contributed by atoms with E-state index in [1.165, 1.54) is 12.1 Å². The molecule has 0 aliphatic carbocycles. The number of phenolic OH excluding ortho intramolecular Hbond substituents is 1. The van der Waals surface area contributed by atoms with Gasteiger partial charge in [0.1, 0.15) is 11.6 Å².